The third-order valence-corrected chi connectivity index (χ3v) is 4.14. The smallest absolute Gasteiger partial charge is 0.0478 e. The minimum atomic E-state index is 0.421. The Morgan fingerprint density at radius 1 is 1.44 bits per heavy atom. The zero-order valence-corrected chi connectivity index (χ0v) is 10.8. The Labute approximate surface area is 99.5 Å². The number of hydrogen-bond acceptors (Lipinski definition) is 3. The van der Waals surface area contributed by atoms with Crippen LogP contribution in [0.5, 0.6) is 0 Å². The average Bonchev–Trinajstić information content (AvgIpc) is 3.11. The molecule has 0 bridgehead atoms. The summed E-state index contributed by atoms with van der Waals surface area (Å²) in [5.41, 5.74) is 0.421. The second-order valence-corrected chi connectivity index (χ2v) is 5.35. The molecule has 2 fully saturated rings. The van der Waals surface area contributed by atoms with Gasteiger partial charge < -0.3 is 10.1 Å². The fourth-order valence-corrected chi connectivity index (χ4v) is 2.90. The van der Waals surface area contributed by atoms with Gasteiger partial charge in [-0.25, -0.2) is 0 Å². The Morgan fingerprint density at radius 3 is 2.94 bits per heavy atom. The van der Waals surface area contributed by atoms with E-state index in [1.54, 1.807) is 0 Å². The summed E-state index contributed by atoms with van der Waals surface area (Å²) in [7, 11) is 0. The summed E-state index contributed by atoms with van der Waals surface area (Å²) in [5.74, 6) is 0.937. The Morgan fingerprint density at radius 2 is 2.25 bits per heavy atom. The van der Waals surface area contributed by atoms with Crippen molar-refractivity contribution in [1.82, 2.24) is 10.2 Å². The van der Waals surface area contributed by atoms with E-state index < -0.39 is 0 Å². The van der Waals surface area contributed by atoms with Gasteiger partial charge >= 0.3 is 0 Å². The first-order valence-electron chi connectivity index (χ1n) is 6.81. The molecule has 0 aromatic heterocycles. The molecule has 1 aliphatic carbocycles. The third-order valence-electron chi connectivity index (χ3n) is 4.14. The summed E-state index contributed by atoms with van der Waals surface area (Å²) in [6, 6.07) is 0. The molecule has 3 nitrogen and oxygen atoms in total. The molecule has 0 amide bonds. The fraction of sp³-hybridized carbons (Fsp3) is 1.00. The van der Waals surface area contributed by atoms with Gasteiger partial charge in [0.2, 0.25) is 0 Å². The molecule has 94 valence electrons. The molecule has 3 heteroatoms. The standard InChI is InChI=1S/C13H26N2O/c1-3-16-10-4-8-15-9-7-14-11-13(15,2)12-5-6-12/h12,14H,3-11H2,1-2H3. The van der Waals surface area contributed by atoms with Crippen LogP contribution in [0.15, 0.2) is 0 Å². The highest BCUT2D eigenvalue weighted by Gasteiger charge is 2.46. The molecule has 0 aromatic carbocycles. The van der Waals surface area contributed by atoms with Gasteiger partial charge in [-0.05, 0) is 39.0 Å². The van der Waals surface area contributed by atoms with Crippen LogP contribution >= 0.6 is 0 Å². The molecule has 2 aliphatic rings. The third kappa shape index (κ3) is 2.76. The van der Waals surface area contributed by atoms with Crippen molar-refractivity contribution in [2.45, 2.75) is 38.6 Å². The van der Waals surface area contributed by atoms with E-state index in [9.17, 15) is 0 Å². The van der Waals surface area contributed by atoms with Gasteiger partial charge in [0.05, 0.1) is 0 Å². The number of nitrogens with zero attached hydrogens (tertiary/aromatic N) is 1. The Kier molecular flexibility index (Phi) is 4.22. The maximum Gasteiger partial charge on any atom is 0.0478 e. The van der Waals surface area contributed by atoms with Crippen molar-refractivity contribution in [2.75, 3.05) is 39.4 Å². The quantitative estimate of drug-likeness (QED) is 0.694. The molecule has 0 spiro atoms. The lowest BCUT2D eigenvalue weighted by Crippen LogP contribution is -2.61. The van der Waals surface area contributed by atoms with E-state index in [0.717, 1.165) is 25.7 Å². The molecule has 1 heterocycles. The van der Waals surface area contributed by atoms with Crippen LogP contribution in [0.4, 0.5) is 0 Å². The fourth-order valence-electron chi connectivity index (χ4n) is 2.90. The van der Waals surface area contributed by atoms with Gasteiger partial charge in [-0.2, -0.15) is 0 Å². The van der Waals surface area contributed by atoms with Crippen molar-refractivity contribution in [3.05, 3.63) is 0 Å². The Bertz CT molecular complexity index is 218. The average molecular weight is 226 g/mol. The van der Waals surface area contributed by atoms with E-state index in [1.807, 2.05) is 0 Å². The first-order chi connectivity index (χ1) is 7.77. The molecule has 0 radical (unpaired) electrons. The van der Waals surface area contributed by atoms with Crippen molar-refractivity contribution in [3.63, 3.8) is 0 Å². The molecule has 1 atom stereocenters. The van der Waals surface area contributed by atoms with Gasteiger partial charge in [-0.15, -0.1) is 0 Å². The van der Waals surface area contributed by atoms with Gasteiger partial charge in [0.1, 0.15) is 0 Å². The van der Waals surface area contributed by atoms with Crippen LogP contribution in [0.1, 0.15) is 33.1 Å². The van der Waals surface area contributed by atoms with Crippen molar-refractivity contribution in [1.29, 1.82) is 0 Å². The zero-order valence-electron chi connectivity index (χ0n) is 10.8. The van der Waals surface area contributed by atoms with E-state index in [2.05, 4.69) is 24.1 Å². The second kappa shape index (κ2) is 5.48. The molecule has 1 N–H and O–H groups in total. The lowest BCUT2D eigenvalue weighted by Gasteiger charge is -2.46. The SMILES string of the molecule is CCOCCCN1CCNCC1(C)C1CC1. The molecular formula is C13H26N2O. The van der Waals surface area contributed by atoms with E-state index in [0.29, 0.717) is 5.54 Å². The number of piperazine rings is 1. The number of nitrogens with one attached hydrogen (secondary N) is 1. The molecule has 1 unspecified atom stereocenters. The van der Waals surface area contributed by atoms with Crippen LogP contribution in [-0.4, -0.2) is 49.8 Å². The van der Waals surface area contributed by atoms with Crippen LogP contribution in [0, 0.1) is 5.92 Å². The summed E-state index contributed by atoms with van der Waals surface area (Å²) in [4.78, 5) is 2.69. The van der Waals surface area contributed by atoms with E-state index in [4.69, 9.17) is 4.74 Å². The number of ether oxygens (including phenoxy) is 1. The van der Waals surface area contributed by atoms with Crippen molar-refractivity contribution in [3.8, 4) is 0 Å². The van der Waals surface area contributed by atoms with Crippen LogP contribution < -0.4 is 5.32 Å². The van der Waals surface area contributed by atoms with Crippen molar-refractivity contribution in [2.24, 2.45) is 5.92 Å². The monoisotopic (exact) mass is 226 g/mol. The lowest BCUT2D eigenvalue weighted by molar-refractivity contribution is 0.0436. The number of rotatable bonds is 6. The van der Waals surface area contributed by atoms with Gasteiger partial charge in [-0.3, -0.25) is 4.90 Å². The molecule has 16 heavy (non-hydrogen) atoms. The van der Waals surface area contributed by atoms with Gasteiger partial charge in [0, 0.05) is 44.9 Å². The molecule has 0 aromatic rings. The van der Waals surface area contributed by atoms with Gasteiger partial charge in [0.15, 0.2) is 0 Å². The Hall–Kier alpha value is -0.120. The first kappa shape index (κ1) is 12.3. The summed E-state index contributed by atoms with van der Waals surface area (Å²) < 4.78 is 5.43. The van der Waals surface area contributed by atoms with Crippen molar-refractivity contribution >= 4 is 0 Å². The van der Waals surface area contributed by atoms with Crippen LogP contribution in [0.3, 0.4) is 0 Å². The maximum atomic E-state index is 5.43. The highest BCUT2D eigenvalue weighted by atomic mass is 16.5. The number of hydrogen-bond donors (Lipinski definition) is 1. The molecule has 1 saturated carbocycles. The molecular weight excluding hydrogens is 200 g/mol. The lowest BCUT2D eigenvalue weighted by atomic mass is 9.91. The minimum absolute atomic E-state index is 0.421. The molecule has 1 aliphatic heterocycles. The Balaban J connectivity index is 1.80. The van der Waals surface area contributed by atoms with Crippen LogP contribution in [-0.2, 0) is 4.74 Å². The highest BCUT2D eigenvalue weighted by Crippen LogP contribution is 2.43. The van der Waals surface area contributed by atoms with Crippen molar-refractivity contribution < 1.29 is 4.74 Å². The minimum Gasteiger partial charge on any atom is -0.382 e. The predicted molar refractivity (Wildman–Crippen MR) is 66.7 cm³/mol. The van der Waals surface area contributed by atoms with E-state index >= 15 is 0 Å². The zero-order chi connectivity index (χ0) is 11.4. The largest absolute Gasteiger partial charge is 0.382 e. The normalized spacial score (nSPS) is 31.9. The van der Waals surface area contributed by atoms with Gasteiger partial charge in [-0.1, -0.05) is 0 Å². The van der Waals surface area contributed by atoms with Gasteiger partial charge in [0.25, 0.3) is 0 Å². The van der Waals surface area contributed by atoms with Crippen LogP contribution in [0.2, 0.25) is 0 Å². The summed E-state index contributed by atoms with van der Waals surface area (Å²) >= 11 is 0. The topological polar surface area (TPSA) is 24.5 Å². The first-order valence-corrected chi connectivity index (χ1v) is 6.81. The van der Waals surface area contributed by atoms with E-state index in [1.165, 1.54) is 38.9 Å². The molecule has 2 rings (SSSR count). The van der Waals surface area contributed by atoms with Crippen LogP contribution in [0.25, 0.3) is 0 Å². The summed E-state index contributed by atoms with van der Waals surface area (Å²) in [6.45, 7) is 11.0. The van der Waals surface area contributed by atoms with E-state index in [-0.39, 0.29) is 0 Å². The highest BCUT2D eigenvalue weighted by molar-refractivity contribution is 5.02. The summed E-state index contributed by atoms with van der Waals surface area (Å²) in [5, 5.41) is 3.56. The molecule has 1 saturated heterocycles. The predicted octanol–water partition coefficient (Wildman–Crippen LogP) is 1.49. The summed E-state index contributed by atoms with van der Waals surface area (Å²) in [6.07, 6.45) is 4.04. The second-order valence-electron chi connectivity index (χ2n) is 5.35. The maximum absolute atomic E-state index is 5.43.